The van der Waals surface area contributed by atoms with Gasteiger partial charge in [0.05, 0.1) is 23.5 Å². The molecule has 0 saturated carbocycles. The number of aliphatic carboxylic acids is 2. The normalized spacial score (nSPS) is 13.2. The summed E-state index contributed by atoms with van der Waals surface area (Å²) in [6.07, 6.45) is 1.12. The number of carboxylic acids is 2. The first-order valence-electron chi connectivity index (χ1n) is 8.13. The number of benzene rings is 2. The van der Waals surface area contributed by atoms with Crippen LogP contribution in [0.25, 0.3) is 21.7 Å². The quantitative estimate of drug-likeness (QED) is 0.694. The van der Waals surface area contributed by atoms with Gasteiger partial charge in [-0.3, -0.25) is 4.99 Å². The minimum Gasteiger partial charge on any atom is -0.478 e. The number of hydrogen-bond acceptors (Lipinski definition) is 3. The Morgan fingerprint density at radius 2 is 1.69 bits per heavy atom. The lowest BCUT2D eigenvalue weighted by atomic mass is 10.1. The number of nitrogens with zero attached hydrogens (tertiary/aromatic N) is 2. The Morgan fingerprint density at radius 1 is 1.04 bits per heavy atom. The van der Waals surface area contributed by atoms with Crippen LogP contribution in [0.5, 0.6) is 0 Å². The van der Waals surface area contributed by atoms with E-state index >= 15 is 0 Å². The number of hydrogen-bond donors (Lipinski definition) is 2. The van der Waals surface area contributed by atoms with Gasteiger partial charge in [-0.05, 0) is 18.4 Å². The molecule has 0 radical (unpaired) electrons. The zero-order valence-electron chi connectivity index (χ0n) is 14.2. The zero-order chi connectivity index (χ0) is 18.7. The summed E-state index contributed by atoms with van der Waals surface area (Å²) in [4.78, 5) is 23.6. The van der Waals surface area contributed by atoms with Gasteiger partial charge >= 0.3 is 11.9 Å². The van der Waals surface area contributed by atoms with Crippen molar-refractivity contribution in [2.75, 3.05) is 6.54 Å². The summed E-state index contributed by atoms with van der Waals surface area (Å²) in [6, 6.07) is 15.3. The van der Waals surface area contributed by atoms with Crippen LogP contribution in [0.15, 0.2) is 59.6 Å². The van der Waals surface area contributed by atoms with E-state index in [1.807, 2.05) is 0 Å². The maximum atomic E-state index is 9.55. The number of aliphatic imine (C=N–C) groups is 1. The van der Waals surface area contributed by atoms with Gasteiger partial charge in [0.2, 0.25) is 0 Å². The molecular formula is C20H18N2O4. The van der Waals surface area contributed by atoms with E-state index in [0.717, 1.165) is 18.8 Å². The SMILES string of the molecule is CC1=NCCn2c1cc1ccc3ccccc3c12.O=C(O)/C=C/C(=O)O. The van der Waals surface area contributed by atoms with Gasteiger partial charge in [0, 0.05) is 29.5 Å². The van der Waals surface area contributed by atoms with Crippen molar-refractivity contribution in [3.63, 3.8) is 0 Å². The Labute approximate surface area is 149 Å². The van der Waals surface area contributed by atoms with E-state index in [2.05, 4.69) is 58.9 Å². The van der Waals surface area contributed by atoms with E-state index in [1.165, 1.54) is 27.4 Å². The molecule has 26 heavy (non-hydrogen) atoms. The zero-order valence-corrected chi connectivity index (χ0v) is 14.2. The molecule has 0 atom stereocenters. The molecule has 0 unspecified atom stereocenters. The van der Waals surface area contributed by atoms with Crippen molar-refractivity contribution in [3.05, 3.63) is 60.3 Å². The molecule has 6 heteroatoms. The molecule has 3 aromatic rings. The Hall–Kier alpha value is -3.41. The molecule has 6 nitrogen and oxygen atoms in total. The van der Waals surface area contributed by atoms with Gasteiger partial charge in [-0.15, -0.1) is 0 Å². The van der Waals surface area contributed by atoms with Gasteiger partial charge in [0.1, 0.15) is 0 Å². The molecule has 0 saturated heterocycles. The number of fused-ring (bicyclic) bond motifs is 5. The first-order chi connectivity index (χ1) is 12.5. The molecule has 2 heterocycles. The molecule has 1 aromatic heterocycles. The molecule has 0 amide bonds. The predicted molar refractivity (Wildman–Crippen MR) is 101 cm³/mol. The Bertz CT molecular complexity index is 1040. The number of rotatable bonds is 2. The van der Waals surface area contributed by atoms with Gasteiger partial charge in [-0.25, -0.2) is 9.59 Å². The highest BCUT2D eigenvalue weighted by Crippen LogP contribution is 2.29. The van der Waals surface area contributed by atoms with Crippen molar-refractivity contribution in [2.45, 2.75) is 13.5 Å². The van der Waals surface area contributed by atoms with Gasteiger partial charge in [-0.1, -0.05) is 36.4 Å². The predicted octanol–water partition coefficient (Wildman–Crippen LogP) is 3.33. The molecule has 0 bridgehead atoms. The van der Waals surface area contributed by atoms with Crippen molar-refractivity contribution in [3.8, 4) is 0 Å². The molecule has 0 aliphatic carbocycles. The third-order valence-electron chi connectivity index (χ3n) is 4.20. The Kier molecular flexibility index (Phi) is 4.84. The number of carbonyl (C=O) groups is 2. The van der Waals surface area contributed by atoms with Crippen LogP contribution >= 0.6 is 0 Å². The highest BCUT2D eigenvalue weighted by Gasteiger charge is 2.15. The summed E-state index contributed by atoms with van der Waals surface area (Å²) >= 11 is 0. The summed E-state index contributed by atoms with van der Waals surface area (Å²) in [5.41, 5.74) is 3.78. The van der Waals surface area contributed by atoms with Crippen molar-refractivity contribution in [2.24, 2.45) is 4.99 Å². The first kappa shape index (κ1) is 17.4. The van der Waals surface area contributed by atoms with Crippen molar-refractivity contribution < 1.29 is 19.8 Å². The fourth-order valence-corrected chi connectivity index (χ4v) is 3.11. The smallest absolute Gasteiger partial charge is 0.328 e. The van der Waals surface area contributed by atoms with Crippen molar-refractivity contribution in [1.29, 1.82) is 0 Å². The maximum absolute atomic E-state index is 9.55. The lowest BCUT2D eigenvalue weighted by Gasteiger charge is -2.15. The fourth-order valence-electron chi connectivity index (χ4n) is 3.11. The second kappa shape index (κ2) is 7.23. The topological polar surface area (TPSA) is 91.9 Å². The molecule has 1 aliphatic heterocycles. The van der Waals surface area contributed by atoms with Crippen LogP contribution in [0.3, 0.4) is 0 Å². The van der Waals surface area contributed by atoms with Gasteiger partial charge in [0.25, 0.3) is 0 Å². The molecular weight excluding hydrogens is 332 g/mol. The summed E-state index contributed by atoms with van der Waals surface area (Å²) in [5.74, 6) is -2.51. The monoisotopic (exact) mass is 350 g/mol. The standard InChI is InChI=1S/C16H14N2.C4H4O4/c1-11-15-10-13-7-6-12-4-2-3-5-14(12)16(13)18(15)9-8-17-11;5-3(6)1-2-4(7)8/h2-7,10H,8-9H2,1H3;1-2H,(H,5,6)(H,7,8)/b;2-1+. The average molecular weight is 350 g/mol. The second-order valence-electron chi connectivity index (χ2n) is 5.88. The fraction of sp³-hybridized carbons (Fsp3) is 0.150. The minimum atomic E-state index is -1.26. The van der Waals surface area contributed by atoms with Crippen molar-refractivity contribution >= 4 is 39.3 Å². The summed E-state index contributed by atoms with van der Waals surface area (Å²) in [6.45, 7) is 3.99. The third kappa shape index (κ3) is 3.49. The second-order valence-corrected chi connectivity index (χ2v) is 5.88. The van der Waals surface area contributed by atoms with E-state index in [1.54, 1.807) is 0 Å². The van der Waals surface area contributed by atoms with Gasteiger partial charge in [0.15, 0.2) is 0 Å². The third-order valence-corrected chi connectivity index (χ3v) is 4.20. The van der Waals surface area contributed by atoms with Crippen LogP contribution in [0.2, 0.25) is 0 Å². The van der Waals surface area contributed by atoms with Crippen LogP contribution in [-0.4, -0.2) is 39.0 Å². The van der Waals surface area contributed by atoms with E-state index in [9.17, 15) is 9.59 Å². The summed E-state index contributed by atoms with van der Waals surface area (Å²) in [7, 11) is 0. The lowest BCUT2D eigenvalue weighted by molar-refractivity contribution is -0.134. The molecule has 132 valence electrons. The van der Waals surface area contributed by atoms with Crippen LogP contribution in [0, 0.1) is 0 Å². The molecule has 2 aromatic carbocycles. The largest absolute Gasteiger partial charge is 0.478 e. The minimum absolute atomic E-state index is 0.558. The van der Waals surface area contributed by atoms with Gasteiger partial charge < -0.3 is 14.8 Å². The molecule has 4 rings (SSSR count). The average Bonchev–Trinajstić information content (AvgIpc) is 3.01. The lowest BCUT2D eigenvalue weighted by Crippen LogP contribution is -2.15. The Balaban J connectivity index is 0.000000211. The number of carboxylic acid groups (broad SMARTS) is 2. The van der Waals surface area contributed by atoms with E-state index in [0.29, 0.717) is 12.2 Å². The van der Waals surface area contributed by atoms with E-state index < -0.39 is 11.9 Å². The highest BCUT2D eigenvalue weighted by atomic mass is 16.4. The highest BCUT2D eigenvalue weighted by molar-refractivity contribution is 6.10. The maximum Gasteiger partial charge on any atom is 0.328 e. The molecule has 1 aliphatic rings. The van der Waals surface area contributed by atoms with E-state index in [4.69, 9.17) is 10.2 Å². The van der Waals surface area contributed by atoms with Crippen LogP contribution in [-0.2, 0) is 16.1 Å². The summed E-state index contributed by atoms with van der Waals surface area (Å²) in [5, 5.41) is 19.6. The molecule has 0 fully saturated rings. The van der Waals surface area contributed by atoms with Crippen molar-refractivity contribution in [1.82, 2.24) is 4.57 Å². The summed E-state index contributed by atoms with van der Waals surface area (Å²) < 4.78 is 2.42. The first-order valence-corrected chi connectivity index (χ1v) is 8.13. The number of aromatic nitrogens is 1. The molecule has 0 spiro atoms. The van der Waals surface area contributed by atoms with Crippen LogP contribution in [0.4, 0.5) is 0 Å². The molecule has 2 N–H and O–H groups in total. The van der Waals surface area contributed by atoms with Gasteiger partial charge in [-0.2, -0.15) is 0 Å². The Morgan fingerprint density at radius 3 is 2.38 bits per heavy atom. The van der Waals surface area contributed by atoms with E-state index in [-0.39, 0.29) is 0 Å². The van der Waals surface area contributed by atoms with Crippen LogP contribution in [0.1, 0.15) is 12.6 Å². The van der Waals surface area contributed by atoms with Crippen LogP contribution < -0.4 is 0 Å².